The van der Waals surface area contributed by atoms with Gasteiger partial charge in [0.25, 0.3) is 0 Å². The molecule has 102 valence electrons. The lowest BCUT2D eigenvalue weighted by atomic mass is 10.1. The molecule has 0 atom stereocenters. The zero-order valence-electron chi connectivity index (χ0n) is 11.4. The molecule has 0 aliphatic heterocycles. The van der Waals surface area contributed by atoms with Crippen molar-refractivity contribution in [2.45, 2.75) is 13.1 Å². The van der Waals surface area contributed by atoms with Crippen LogP contribution in [0.1, 0.15) is 16.7 Å². The molecule has 4 nitrogen and oxygen atoms in total. The Hall–Kier alpha value is -2.22. The Bertz CT molecular complexity index is 557. The van der Waals surface area contributed by atoms with Gasteiger partial charge in [0.2, 0.25) is 0 Å². The van der Waals surface area contributed by atoms with E-state index in [1.807, 2.05) is 36.4 Å². The van der Waals surface area contributed by atoms with Crippen molar-refractivity contribution in [3.05, 3.63) is 65.5 Å². The Balaban J connectivity index is 2.03. The molecule has 4 heteroatoms. The lowest BCUT2D eigenvalue weighted by Crippen LogP contribution is -2.28. The molecule has 0 aliphatic carbocycles. The molecule has 20 heavy (non-hydrogen) atoms. The SMILES string of the molecule is N#Cc1ccc(CN(CCN)Cc2ccncc2)cc1. The van der Waals surface area contributed by atoms with Crippen LogP contribution in [0.3, 0.4) is 0 Å². The predicted octanol–water partition coefficient (Wildman–Crippen LogP) is 1.91. The Kier molecular flexibility index (Phi) is 5.24. The van der Waals surface area contributed by atoms with Gasteiger partial charge in [0.15, 0.2) is 0 Å². The van der Waals surface area contributed by atoms with Crippen LogP contribution < -0.4 is 5.73 Å². The molecule has 2 aromatic rings. The smallest absolute Gasteiger partial charge is 0.0991 e. The normalized spacial score (nSPS) is 10.4. The fourth-order valence-electron chi connectivity index (χ4n) is 2.09. The van der Waals surface area contributed by atoms with Gasteiger partial charge < -0.3 is 5.73 Å². The van der Waals surface area contributed by atoms with E-state index in [-0.39, 0.29) is 0 Å². The minimum atomic E-state index is 0.626. The number of rotatable bonds is 6. The average molecular weight is 266 g/mol. The van der Waals surface area contributed by atoms with Crippen LogP contribution in [-0.4, -0.2) is 23.0 Å². The van der Waals surface area contributed by atoms with Gasteiger partial charge >= 0.3 is 0 Å². The third-order valence-corrected chi connectivity index (χ3v) is 3.09. The molecule has 1 aromatic carbocycles. The largest absolute Gasteiger partial charge is 0.329 e. The highest BCUT2D eigenvalue weighted by atomic mass is 15.1. The van der Waals surface area contributed by atoms with Crippen molar-refractivity contribution < 1.29 is 0 Å². The molecular formula is C16H18N4. The molecule has 0 fully saturated rings. The quantitative estimate of drug-likeness (QED) is 0.867. The van der Waals surface area contributed by atoms with Crippen molar-refractivity contribution in [3.8, 4) is 6.07 Å². The molecule has 2 N–H and O–H groups in total. The van der Waals surface area contributed by atoms with Crippen molar-refractivity contribution in [2.24, 2.45) is 5.73 Å². The van der Waals surface area contributed by atoms with Gasteiger partial charge in [0, 0.05) is 38.6 Å². The van der Waals surface area contributed by atoms with E-state index < -0.39 is 0 Å². The van der Waals surface area contributed by atoms with Gasteiger partial charge in [0.05, 0.1) is 11.6 Å². The van der Waals surface area contributed by atoms with E-state index >= 15 is 0 Å². The highest BCUT2D eigenvalue weighted by Gasteiger charge is 2.06. The van der Waals surface area contributed by atoms with Crippen molar-refractivity contribution in [2.75, 3.05) is 13.1 Å². The molecule has 2 rings (SSSR count). The maximum absolute atomic E-state index is 8.81. The van der Waals surface area contributed by atoms with Crippen molar-refractivity contribution in [3.63, 3.8) is 0 Å². The first-order valence-electron chi connectivity index (χ1n) is 6.62. The molecule has 0 radical (unpaired) electrons. The number of hydrogen-bond donors (Lipinski definition) is 1. The van der Waals surface area contributed by atoms with E-state index in [1.165, 1.54) is 11.1 Å². The number of aromatic nitrogens is 1. The fraction of sp³-hybridized carbons (Fsp3) is 0.250. The Morgan fingerprint density at radius 2 is 1.60 bits per heavy atom. The first-order valence-corrected chi connectivity index (χ1v) is 6.62. The van der Waals surface area contributed by atoms with E-state index in [4.69, 9.17) is 11.0 Å². The molecule has 0 bridgehead atoms. The van der Waals surface area contributed by atoms with Crippen molar-refractivity contribution in [1.29, 1.82) is 5.26 Å². The van der Waals surface area contributed by atoms with Crippen LogP contribution in [-0.2, 0) is 13.1 Å². The number of nitriles is 1. The first kappa shape index (κ1) is 14.2. The van der Waals surface area contributed by atoms with Crippen LogP contribution in [0, 0.1) is 11.3 Å². The number of pyridine rings is 1. The van der Waals surface area contributed by atoms with Crippen molar-refractivity contribution >= 4 is 0 Å². The zero-order chi connectivity index (χ0) is 14.2. The molecule has 0 unspecified atom stereocenters. The van der Waals surface area contributed by atoms with Crippen LogP contribution in [0.25, 0.3) is 0 Å². The highest BCUT2D eigenvalue weighted by Crippen LogP contribution is 2.10. The van der Waals surface area contributed by atoms with Gasteiger partial charge in [0.1, 0.15) is 0 Å². The number of benzene rings is 1. The number of nitrogens with two attached hydrogens (primary N) is 1. The Morgan fingerprint density at radius 3 is 2.15 bits per heavy atom. The van der Waals surface area contributed by atoms with Gasteiger partial charge in [-0.3, -0.25) is 9.88 Å². The summed E-state index contributed by atoms with van der Waals surface area (Å²) in [4.78, 5) is 6.32. The van der Waals surface area contributed by atoms with Crippen LogP contribution in [0.4, 0.5) is 0 Å². The maximum atomic E-state index is 8.81. The number of hydrogen-bond acceptors (Lipinski definition) is 4. The molecule has 0 spiro atoms. The van der Waals surface area contributed by atoms with Gasteiger partial charge in [-0.2, -0.15) is 5.26 Å². The van der Waals surface area contributed by atoms with E-state index in [0.717, 1.165) is 19.6 Å². The minimum Gasteiger partial charge on any atom is -0.329 e. The minimum absolute atomic E-state index is 0.626. The fourth-order valence-corrected chi connectivity index (χ4v) is 2.09. The summed E-state index contributed by atoms with van der Waals surface area (Å²) in [6.45, 7) is 3.13. The first-order chi connectivity index (χ1) is 9.81. The van der Waals surface area contributed by atoms with Gasteiger partial charge in [-0.05, 0) is 35.4 Å². The topological polar surface area (TPSA) is 65.9 Å². The second-order valence-electron chi connectivity index (χ2n) is 4.66. The van der Waals surface area contributed by atoms with E-state index in [9.17, 15) is 0 Å². The van der Waals surface area contributed by atoms with Gasteiger partial charge in [-0.25, -0.2) is 0 Å². The molecule has 0 aliphatic rings. The maximum Gasteiger partial charge on any atom is 0.0991 e. The summed E-state index contributed by atoms with van der Waals surface area (Å²) in [7, 11) is 0. The van der Waals surface area contributed by atoms with E-state index in [1.54, 1.807) is 12.4 Å². The van der Waals surface area contributed by atoms with Crippen LogP contribution in [0.15, 0.2) is 48.8 Å². The summed E-state index contributed by atoms with van der Waals surface area (Å²) in [5.74, 6) is 0. The molecular weight excluding hydrogens is 248 g/mol. The summed E-state index contributed by atoms with van der Waals surface area (Å²) in [6.07, 6.45) is 3.61. The van der Waals surface area contributed by atoms with E-state index in [2.05, 4.69) is 16.0 Å². The second kappa shape index (κ2) is 7.39. The lowest BCUT2D eigenvalue weighted by Gasteiger charge is -2.21. The molecule has 0 saturated carbocycles. The summed E-state index contributed by atoms with van der Waals surface area (Å²) >= 11 is 0. The molecule has 1 heterocycles. The third-order valence-electron chi connectivity index (χ3n) is 3.09. The second-order valence-corrected chi connectivity index (χ2v) is 4.66. The zero-order valence-corrected chi connectivity index (χ0v) is 11.4. The van der Waals surface area contributed by atoms with Crippen molar-refractivity contribution in [1.82, 2.24) is 9.88 Å². The summed E-state index contributed by atoms with van der Waals surface area (Å²) in [5.41, 5.74) is 8.78. The lowest BCUT2D eigenvalue weighted by molar-refractivity contribution is 0.264. The van der Waals surface area contributed by atoms with Gasteiger partial charge in [-0.15, -0.1) is 0 Å². The van der Waals surface area contributed by atoms with E-state index in [0.29, 0.717) is 12.1 Å². The molecule has 1 aromatic heterocycles. The molecule has 0 saturated heterocycles. The summed E-state index contributed by atoms with van der Waals surface area (Å²) in [6, 6.07) is 13.9. The monoisotopic (exact) mass is 266 g/mol. The van der Waals surface area contributed by atoms with Crippen LogP contribution in [0.2, 0.25) is 0 Å². The Labute approximate surface area is 119 Å². The summed E-state index contributed by atoms with van der Waals surface area (Å²) < 4.78 is 0. The van der Waals surface area contributed by atoms with Gasteiger partial charge in [-0.1, -0.05) is 12.1 Å². The predicted molar refractivity (Wildman–Crippen MR) is 78.6 cm³/mol. The van der Waals surface area contributed by atoms with Crippen LogP contribution in [0.5, 0.6) is 0 Å². The number of nitrogens with zero attached hydrogens (tertiary/aromatic N) is 3. The molecule has 0 amide bonds. The Morgan fingerprint density at radius 1 is 1.00 bits per heavy atom. The third kappa shape index (κ3) is 4.16. The standard InChI is InChI=1S/C16H18N4/c17-7-10-20(13-16-5-8-19-9-6-16)12-15-3-1-14(11-18)2-4-15/h1-6,8-9H,7,10,12-13,17H2. The average Bonchev–Trinajstić information content (AvgIpc) is 2.49. The highest BCUT2D eigenvalue weighted by molar-refractivity contribution is 5.31. The van der Waals surface area contributed by atoms with Crippen LogP contribution >= 0.6 is 0 Å². The summed E-state index contributed by atoms with van der Waals surface area (Å²) in [5, 5.41) is 8.81.